The second-order valence-corrected chi connectivity index (χ2v) is 7.06. The van der Waals surface area contributed by atoms with Crippen molar-refractivity contribution in [3.05, 3.63) is 89.9 Å². The molecule has 0 spiro atoms. The van der Waals surface area contributed by atoms with Crippen molar-refractivity contribution in [1.82, 2.24) is 15.3 Å². The normalized spacial score (nSPS) is 10.6. The Balaban J connectivity index is 1.35. The number of ether oxygens (including phenoxy) is 1. The number of carbonyl (C=O) groups is 1. The first-order valence-corrected chi connectivity index (χ1v) is 9.66. The Hall–Kier alpha value is -3.93. The third-order valence-corrected chi connectivity index (χ3v) is 4.64. The molecule has 2 aromatic heterocycles. The van der Waals surface area contributed by atoms with E-state index in [9.17, 15) is 4.79 Å². The summed E-state index contributed by atoms with van der Waals surface area (Å²) in [7, 11) is 0. The number of nitrogens with zero attached hydrogens (tertiary/aromatic N) is 2. The second-order valence-electron chi connectivity index (χ2n) is 7.06. The van der Waals surface area contributed by atoms with Gasteiger partial charge in [-0.05, 0) is 49.2 Å². The number of urea groups is 1. The molecule has 2 aromatic carbocycles. The molecule has 0 saturated carbocycles. The van der Waals surface area contributed by atoms with Gasteiger partial charge in [0.05, 0.1) is 17.4 Å². The van der Waals surface area contributed by atoms with Crippen molar-refractivity contribution < 1.29 is 9.53 Å². The first-order chi connectivity index (χ1) is 14.6. The Morgan fingerprint density at radius 3 is 2.70 bits per heavy atom. The van der Waals surface area contributed by atoms with Crippen LogP contribution in [0.25, 0.3) is 10.9 Å². The highest BCUT2D eigenvalue weighted by molar-refractivity contribution is 5.91. The van der Waals surface area contributed by atoms with Gasteiger partial charge >= 0.3 is 6.03 Å². The van der Waals surface area contributed by atoms with Crippen LogP contribution in [-0.2, 0) is 6.54 Å². The summed E-state index contributed by atoms with van der Waals surface area (Å²) >= 11 is 0. The summed E-state index contributed by atoms with van der Waals surface area (Å²) < 4.78 is 5.94. The summed E-state index contributed by atoms with van der Waals surface area (Å²) in [4.78, 5) is 20.8. The molecular weight excluding hydrogens is 376 g/mol. The number of hydrogen-bond acceptors (Lipinski definition) is 4. The standard InChI is InChI=1S/C24H22N4O2/c1-16-11-18(7-8-23(16)30-21-9-10-25-17(2)12-21)14-27-24(29)28-20-13-19-5-3-4-6-22(19)26-15-20/h3-13,15H,14H2,1-2H3,(H2,27,28,29). The second kappa shape index (κ2) is 8.61. The lowest BCUT2D eigenvalue weighted by Gasteiger charge is -2.12. The third kappa shape index (κ3) is 4.72. The van der Waals surface area contributed by atoms with E-state index in [-0.39, 0.29) is 6.03 Å². The highest BCUT2D eigenvalue weighted by Gasteiger charge is 2.06. The van der Waals surface area contributed by atoms with Crippen LogP contribution in [-0.4, -0.2) is 16.0 Å². The van der Waals surface area contributed by atoms with E-state index in [1.807, 2.05) is 74.5 Å². The van der Waals surface area contributed by atoms with E-state index in [1.165, 1.54) is 0 Å². The van der Waals surface area contributed by atoms with E-state index < -0.39 is 0 Å². The Labute approximate surface area is 175 Å². The summed E-state index contributed by atoms with van der Waals surface area (Å²) in [6, 6.07) is 19.0. The van der Waals surface area contributed by atoms with Gasteiger partial charge < -0.3 is 15.4 Å². The smallest absolute Gasteiger partial charge is 0.319 e. The number of pyridine rings is 2. The van der Waals surface area contributed by atoms with E-state index in [4.69, 9.17) is 4.74 Å². The van der Waals surface area contributed by atoms with Crippen LogP contribution in [0.3, 0.4) is 0 Å². The van der Waals surface area contributed by atoms with Gasteiger partial charge in [0.25, 0.3) is 0 Å². The number of anilines is 1. The van der Waals surface area contributed by atoms with Gasteiger partial charge in [0, 0.05) is 29.9 Å². The van der Waals surface area contributed by atoms with Crippen LogP contribution < -0.4 is 15.4 Å². The van der Waals surface area contributed by atoms with Crippen LogP contribution >= 0.6 is 0 Å². The van der Waals surface area contributed by atoms with Gasteiger partial charge in [-0.1, -0.05) is 30.3 Å². The summed E-state index contributed by atoms with van der Waals surface area (Å²) in [5, 5.41) is 6.68. The van der Waals surface area contributed by atoms with E-state index in [0.717, 1.165) is 39.2 Å². The minimum absolute atomic E-state index is 0.280. The van der Waals surface area contributed by atoms with Crippen LogP contribution in [0.2, 0.25) is 0 Å². The Bertz CT molecular complexity index is 1210. The van der Waals surface area contributed by atoms with Crippen molar-refractivity contribution in [2.24, 2.45) is 0 Å². The zero-order valence-electron chi connectivity index (χ0n) is 16.8. The van der Waals surface area contributed by atoms with Gasteiger partial charge in [-0.15, -0.1) is 0 Å². The molecule has 0 aliphatic carbocycles. The lowest BCUT2D eigenvalue weighted by atomic mass is 10.1. The van der Waals surface area contributed by atoms with Gasteiger partial charge in [-0.3, -0.25) is 9.97 Å². The monoisotopic (exact) mass is 398 g/mol. The molecule has 6 nitrogen and oxygen atoms in total. The van der Waals surface area contributed by atoms with Crippen molar-refractivity contribution in [2.45, 2.75) is 20.4 Å². The van der Waals surface area contributed by atoms with Crippen LogP contribution in [0, 0.1) is 13.8 Å². The molecular formula is C24H22N4O2. The van der Waals surface area contributed by atoms with Gasteiger partial charge in [-0.25, -0.2) is 4.79 Å². The van der Waals surface area contributed by atoms with Crippen molar-refractivity contribution in [2.75, 3.05) is 5.32 Å². The molecule has 0 aliphatic heterocycles. The maximum absolute atomic E-state index is 12.3. The number of aryl methyl sites for hydroxylation is 2. The van der Waals surface area contributed by atoms with E-state index in [2.05, 4.69) is 20.6 Å². The number of fused-ring (bicyclic) bond motifs is 1. The Morgan fingerprint density at radius 2 is 1.87 bits per heavy atom. The number of rotatable bonds is 5. The van der Waals surface area contributed by atoms with Crippen molar-refractivity contribution in [3.63, 3.8) is 0 Å². The lowest BCUT2D eigenvalue weighted by molar-refractivity contribution is 0.251. The van der Waals surface area contributed by atoms with Gasteiger partial charge in [0.15, 0.2) is 0 Å². The maximum atomic E-state index is 12.3. The molecule has 0 atom stereocenters. The molecule has 4 rings (SSSR count). The zero-order valence-corrected chi connectivity index (χ0v) is 16.8. The van der Waals surface area contributed by atoms with E-state index in [1.54, 1.807) is 12.4 Å². The van der Waals surface area contributed by atoms with E-state index in [0.29, 0.717) is 12.2 Å². The molecule has 0 bridgehead atoms. The topological polar surface area (TPSA) is 76.1 Å². The average Bonchev–Trinajstić information content (AvgIpc) is 2.74. The fraction of sp³-hybridized carbons (Fsp3) is 0.125. The predicted molar refractivity (Wildman–Crippen MR) is 118 cm³/mol. The first kappa shape index (κ1) is 19.4. The zero-order chi connectivity index (χ0) is 20.9. The molecule has 0 radical (unpaired) electrons. The third-order valence-electron chi connectivity index (χ3n) is 4.64. The SMILES string of the molecule is Cc1cc(Oc2ccc(CNC(=O)Nc3cnc4ccccc4c3)cc2C)ccn1. The highest BCUT2D eigenvalue weighted by Crippen LogP contribution is 2.26. The number of nitrogens with one attached hydrogen (secondary N) is 2. The number of carbonyl (C=O) groups excluding carboxylic acids is 1. The molecule has 0 unspecified atom stereocenters. The van der Waals surface area contributed by atoms with Crippen molar-refractivity contribution in [1.29, 1.82) is 0 Å². The molecule has 6 heteroatoms. The summed E-state index contributed by atoms with van der Waals surface area (Å²) in [5.41, 5.74) is 4.42. The van der Waals surface area contributed by atoms with Gasteiger partial charge in [0.1, 0.15) is 11.5 Å². The van der Waals surface area contributed by atoms with E-state index >= 15 is 0 Å². The quantitative estimate of drug-likeness (QED) is 0.474. The average molecular weight is 398 g/mol. The lowest BCUT2D eigenvalue weighted by Crippen LogP contribution is -2.28. The number of hydrogen-bond donors (Lipinski definition) is 2. The number of benzene rings is 2. The molecule has 4 aromatic rings. The largest absolute Gasteiger partial charge is 0.457 e. The fourth-order valence-electron chi connectivity index (χ4n) is 3.14. The summed E-state index contributed by atoms with van der Waals surface area (Å²) in [6.45, 7) is 4.31. The van der Waals surface area contributed by atoms with Gasteiger partial charge in [-0.2, -0.15) is 0 Å². The van der Waals surface area contributed by atoms with Crippen LogP contribution in [0.4, 0.5) is 10.5 Å². The first-order valence-electron chi connectivity index (χ1n) is 9.66. The Kier molecular flexibility index (Phi) is 5.57. The molecule has 0 saturated heterocycles. The van der Waals surface area contributed by atoms with Crippen LogP contribution in [0.15, 0.2) is 73.1 Å². The van der Waals surface area contributed by atoms with Gasteiger partial charge in [0.2, 0.25) is 0 Å². The maximum Gasteiger partial charge on any atom is 0.319 e. The summed E-state index contributed by atoms with van der Waals surface area (Å²) in [6.07, 6.45) is 3.38. The number of para-hydroxylation sites is 1. The molecule has 2 N–H and O–H groups in total. The molecule has 0 aliphatic rings. The predicted octanol–water partition coefficient (Wildman–Crippen LogP) is 5.36. The molecule has 0 fully saturated rings. The summed E-state index contributed by atoms with van der Waals surface area (Å²) in [5.74, 6) is 1.52. The Morgan fingerprint density at radius 1 is 1.00 bits per heavy atom. The minimum Gasteiger partial charge on any atom is -0.457 e. The molecule has 2 amide bonds. The van der Waals surface area contributed by atoms with Crippen LogP contribution in [0.1, 0.15) is 16.8 Å². The number of amides is 2. The van der Waals surface area contributed by atoms with Crippen molar-refractivity contribution in [3.8, 4) is 11.5 Å². The van der Waals surface area contributed by atoms with Crippen molar-refractivity contribution >= 4 is 22.6 Å². The number of aromatic nitrogens is 2. The molecule has 2 heterocycles. The fourth-order valence-corrected chi connectivity index (χ4v) is 3.14. The highest BCUT2D eigenvalue weighted by atomic mass is 16.5. The molecule has 30 heavy (non-hydrogen) atoms. The molecule has 150 valence electrons. The minimum atomic E-state index is -0.280. The van der Waals surface area contributed by atoms with Crippen LogP contribution in [0.5, 0.6) is 11.5 Å².